The van der Waals surface area contributed by atoms with E-state index in [0.29, 0.717) is 0 Å². The summed E-state index contributed by atoms with van der Waals surface area (Å²) in [4.78, 5) is 0.164. The lowest BCUT2D eigenvalue weighted by Crippen LogP contribution is -2.38. The maximum atomic E-state index is 12.8. The Morgan fingerprint density at radius 2 is 1.67 bits per heavy atom. The van der Waals surface area contributed by atoms with Gasteiger partial charge in [-0.2, -0.15) is 4.31 Å². The third-order valence-corrected chi connectivity index (χ3v) is 5.50. The third kappa shape index (κ3) is 2.72. The number of rotatable bonds is 3. The van der Waals surface area contributed by atoms with Crippen LogP contribution in [0.4, 0.5) is 4.39 Å². The molecule has 5 heteroatoms. The minimum atomic E-state index is -3.49. The van der Waals surface area contributed by atoms with Crippen molar-refractivity contribution in [3.05, 3.63) is 30.1 Å². The van der Waals surface area contributed by atoms with Crippen molar-refractivity contribution >= 4 is 10.0 Å². The van der Waals surface area contributed by atoms with Gasteiger partial charge in [-0.3, -0.25) is 0 Å². The molecule has 0 heterocycles. The summed E-state index contributed by atoms with van der Waals surface area (Å²) < 4.78 is 39.0. The van der Waals surface area contributed by atoms with Crippen LogP contribution in [0.5, 0.6) is 0 Å². The van der Waals surface area contributed by atoms with Gasteiger partial charge in [0.15, 0.2) is 0 Å². The summed E-state index contributed by atoms with van der Waals surface area (Å²) in [5.74, 6) is -0.422. The van der Waals surface area contributed by atoms with Gasteiger partial charge in [0.2, 0.25) is 10.0 Å². The van der Waals surface area contributed by atoms with Gasteiger partial charge in [-0.25, -0.2) is 12.8 Å². The fourth-order valence-electron chi connectivity index (χ4n) is 2.41. The molecule has 100 valence electrons. The summed E-state index contributed by atoms with van der Waals surface area (Å²) in [5.41, 5.74) is 0. The molecule has 0 bridgehead atoms. The largest absolute Gasteiger partial charge is 0.243 e. The second-order valence-corrected chi connectivity index (χ2v) is 6.76. The Morgan fingerprint density at radius 3 is 2.22 bits per heavy atom. The fraction of sp³-hybridized carbons (Fsp3) is 0.538. The van der Waals surface area contributed by atoms with E-state index in [0.717, 1.165) is 25.7 Å². The maximum absolute atomic E-state index is 12.8. The molecule has 1 aromatic carbocycles. The van der Waals surface area contributed by atoms with E-state index in [1.807, 2.05) is 0 Å². The first-order chi connectivity index (χ1) is 8.51. The van der Waals surface area contributed by atoms with Crippen LogP contribution in [0, 0.1) is 5.82 Å². The van der Waals surface area contributed by atoms with Crippen LogP contribution in [-0.2, 0) is 10.0 Å². The molecule has 1 fully saturated rings. The molecule has 1 aliphatic carbocycles. The molecule has 3 nitrogen and oxygen atoms in total. The Labute approximate surface area is 108 Å². The summed E-state index contributed by atoms with van der Waals surface area (Å²) in [6.45, 7) is 0. The standard InChI is InChI=1S/C13H18FNO2S/c1-15(12-5-3-2-4-6-12)18(16,17)13-9-7-11(14)8-10-13/h7-10,12H,2-6H2,1H3. The van der Waals surface area contributed by atoms with E-state index < -0.39 is 15.8 Å². The Kier molecular flexibility index (Phi) is 4.02. The highest BCUT2D eigenvalue weighted by molar-refractivity contribution is 7.89. The minimum Gasteiger partial charge on any atom is -0.207 e. The van der Waals surface area contributed by atoms with Crippen LogP contribution in [0.3, 0.4) is 0 Å². The first-order valence-electron chi connectivity index (χ1n) is 6.25. The molecule has 1 aliphatic rings. The number of hydrogen-bond donors (Lipinski definition) is 0. The third-order valence-electron chi connectivity index (χ3n) is 3.58. The predicted molar refractivity (Wildman–Crippen MR) is 68.2 cm³/mol. The Hall–Kier alpha value is -0.940. The number of halogens is 1. The number of hydrogen-bond acceptors (Lipinski definition) is 2. The second kappa shape index (κ2) is 5.36. The Balaban J connectivity index is 2.21. The van der Waals surface area contributed by atoms with Crippen molar-refractivity contribution in [2.45, 2.75) is 43.0 Å². The topological polar surface area (TPSA) is 37.4 Å². The monoisotopic (exact) mass is 271 g/mol. The van der Waals surface area contributed by atoms with Crippen molar-refractivity contribution in [1.29, 1.82) is 0 Å². The molecule has 0 atom stereocenters. The average molecular weight is 271 g/mol. The van der Waals surface area contributed by atoms with Crippen LogP contribution < -0.4 is 0 Å². The Morgan fingerprint density at radius 1 is 1.11 bits per heavy atom. The molecule has 18 heavy (non-hydrogen) atoms. The average Bonchev–Trinajstić information content (AvgIpc) is 2.39. The Bertz CT molecular complexity index is 492. The van der Waals surface area contributed by atoms with Crippen LogP contribution in [-0.4, -0.2) is 25.8 Å². The SMILES string of the molecule is CN(C1CCCCC1)S(=O)(=O)c1ccc(F)cc1. The van der Waals surface area contributed by atoms with E-state index in [1.54, 1.807) is 7.05 Å². The van der Waals surface area contributed by atoms with E-state index >= 15 is 0 Å². The molecule has 1 aromatic rings. The van der Waals surface area contributed by atoms with E-state index in [9.17, 15) is 12.8 Å². The molecule has 0 N–H and O–H groups in total. The highest BCUT2D eigenvalue weighted by Gasteiger charge is 2.28. The van der Waals surface area contributed by atoms with Crippen LogP contribution >= 0.6 is 0 Å². The van der Waals surface area contributed by atoms with Gasteiger partial charge >= 0.3 is 0 Å². The first kappa shape index (κ1) is 13.5. The van der Waals surface area contributed by atoms with Crippen molar-refractivity contribution in [3.63, 3.8) is 0 Å². The zero-order chi connectivity index (χ0) is 13.2. The van der Waals surface area contributed by atoms with Gasteiger partial charge in [0.05, 0.1) is 4.90 Å². The lowest BCUT2D eigenvalue weighted by molar-refractivity contribution is 0.286. The van der Waals surface area contributed by atoms with Crippen molar-refractivity contribution < 1.29 is 12.8 Å². The van der Waals surface area contributed by atoms with Gasteiger partial charge in [-0.15, -0.1) is 0 Å². The molecule has 0 radical (unpaired) electrons. The highest BCUT2D eigenvalue weighted by Crippen LogP contribution is 2.26. The zero-order valence-electron chi connectivity index (χ0n) is 10.5. The van der Waals surface area contributed by atoms with Crippen LogP contribution in [0.15, 0.2) is 29.2 Å². The maximum Gasteiger partial charge on any atom is 0.243 e. The van der Waals surface area contributed by atoms with E-state index in [1.165, 1.54) is 35.0 Å². The molecular weight excluding hydrogens is 253 g/mol. The molecular formula is C13H18FNO2S. The van der Waals surface area contributed by atoms with Gasteiger partial charge in [0.1, 0.15) is 5.82 Å². The zero-order valence-corrected chi connectivity index (χ0v) is 11.3. The number of benzene rings is 1. The fourth-order valence-corrected chi connectivity index (χ4v) is 3.83. The summed E-state index contributed by atoms with van der Waals surface area (Å²) in [7, 11) is -1.87. The molecule has 0 aliphatic heterocycles. The van der Waals surface area contributed by atoms with Gasteiger partial charge < -0.3 is 0 Å². The molecule has 0 aromatic heterocycles. The van der Waals surface area contributed by atoms with Crippen molar-refractivity contribution in [1.82, 2.24) is 4.31 Å². The predicted octanol–water partition coefficient (Wildman–Crippen LogP) is 2.78. The number of sulfonamides is 1. The summed E-state index contributed by atoms with van der Waals surface area (Å²) in [5, 5.41) is 0. The lowest BCUT2D eigenvalue weighted by atomic mass is 9.96. The molecule has 0 amide bonds. The van der Waals surface area contributed by atoms with Crippen LogP contribution in [0.25, 0.3) is 0 Å². The second-order valence-electron chi connectivity index (χ2n) is 4.77. The summed E-state index contributed by atoms with van der Waals surface area (Å²) >= 11 is 0. The smallest absolute Gasteiger partial charge is 0.207 e. The van der Waals surface area contributed by atoms with Gasteiger partial charge in [-0.05, 0) is 37.1 Å². The normalized spacial score (nSPS) is 18.2. The lowest BCUT2D eigenvalue weighted by Gasteiger charge is -2.30. The van der Waals surface area contributed by atoms with Crippen LogP contribution in [0.2, 0.25) is 0 Å². The number of nitrogens with zero attached hydrogens (tertiary/aromatic N) is 1. The molecule has 2 rings (SSSR count). The minimum absolute atomic E-state index is 0.0776. The highest BCUT2D eigenvalue weighted by atomic mass is 32.2. The molecule has 1 saturated carbocycles. The van der Waals surface area contributed by atoms with Gasteiger partial charge in [0.25, 0.3) is 0 Å². The molecule has 0 unspecified atom stereocenters. The van der Waals surface area contributed by atoms with Crippen molar-refractivity contribution in [2.24, 2.45) is 0 Å². The molecule has 0 saturated heterocycles. The van der Waals surface area contributed by atoms with Gasteiger partial charge in [0, 0.05) is 13.1 Å². The van der Waals surface area contributed by atoms with Gasteiger partial charge in [-0.1, -0.05) is 19.3 Å². The summed E-state index contributed by atoms with van der Waals surface area (Å²) in [6, 6.07) is 5.09. The van der Waals surface area contributed by atoms with E-state index in [-0.39, 0.29) is 10.9 Å². The molecule has 0 spiro atoms. The van der Waals surface area contributed by atoms with Crippen molar-refractivity contribution in [3.8, 4) is 0 Å². The van der Waals surface area contributed by atoms with Crippen molar-refractivity contribution in [2.75, 3.05) is 7.05 Å². The first-order valence-corrected chi connectivity index (χ1v) is 7.69. The summed E-state index contributed by atoms with van der Waals surface area (Å²) in [6.07, 6.45) is 5.16. The quantitative estimate of drug-likeness (QED) is 0.847. The van der Waals surface area contributed by atoms with E-state index in [4.69, 9.17) is 0 Å². The van der Waals surface area contributed by atoms with Crippen LogP contribution in [0.1, 0.15) is 32.1 Å². The van der Waals surface area contributed by atoms with E-state index in [2.05, 4.69) is 0 Å².